The maximum atomic E-state index is 12.6. The molecule has 0 radical (unpaired) electrons. The molecule has 0 saturated carbocycles. The molecular weight excluding hydrogens is 285 g/mol. The van der Waals surface area contributed by atoms with Gasteiger partial charge in [0.15, 0.2) is 0 Å². The summed E-state index contributed by atoms with van der Waals surface area (Å²) < 4.78 is 37.9. The molecule has 1 aliphatic heterocycles. The molecule has 0 fully saturated rings. The molecule has 2 aromatic heterocycles. The molecule has 0 aliphatic carbocycles. The number of nitrogens with zero attached hydrogens (tertiary/aromatic N) is 2. The molecule has 3 heterocycles. The van der Waals surface area contributed by atoms with Crippen LogP contribution in [0.1, 0.15) is 22.8 Å². The van der Waals surface area contributed by atoms with Gasteiger partial charge < -0.3 is 9.97 Å². The van der Waals surface area contributed by atoms with Crippen LogP contribution in [0.15, 0.2) is 23.1 Å². The minimum Gasteiger partial charge on any atom is -0.364 e. The van der Waals surface area contributed by atoms with Crippen molar-refractivity contribution in [2.45, 2.75) is 25.7 Å². The van der Waals surface area contributed by atoms with Gasteiger partial charge >= 0.3 is 6.18 Å². The SMILES string of the molecule is O=c1[nH]c(C(F)(F)F)nc2c1CN(Cc1ccc[nH]1)CC2. The van der Waals surface area contributed by atoms with Gasteiger partial charge in [-0.2, -0.15) is 13.2 Å². The Kier molecular flexibility index (Phi) is 3.32. The van der Waals surface area contributed by atoms with Crippen LogP contribution in [0.25, 0.3) is 0 Å². The van der Waals surface area contributed by atoms with E-state index >= 15 is 0 Å². The number of aromatic amines is 2. The summed E-state index contributed by atoms with van der Waals surface area (Å²) in [6.45, 7) is 1.49. The largest absolute Gasteiger partial charge is 0.449 e. The highest BCUT2D eigenvalue weighted by Gasteiger charge is 2.35. The van der Waals surface area contributed by atoms with E-state index in [1.165, 1.54) is 0 Å². The molecule has 5 nitrogen and oxygen atoms in total. The van der Waals surface area contributed by atoms with E-state index in [1.807, 2.05) is 22.0 Å². The lowest BCUT2D eigenvalue weighted by molar-refractivity contribution is -0.145. The summed E-state index contributed by atoms with van der Waals surface area (Å²) in [4.78, 5) is 22.3. The number of fused-ring (bicyclic) bond motifs is 1. The van der Waals surface area contributed by atoms with Gasteiger partial charge in [0.1, 0.15) is 0 Å². The lowest BCUT2D eigenvalue weighted by Crippen LogP contribution is -2.36. The molecule has 0 bridgehead atoms. The van der Waals surface area contributed by atoms with Gasteiger partial charge in [-0.3, -0.25) is 9.69 Å². The molecule has 0 unspecified atom stereocenters. The molecule has 2 aromatic rings. The monoisotopic (exact) mass is 298 g/mol. The Morgan fingerprint density at radius 3 is 2.86 bits per heavy atom. The Balaban J connectivity index is 1.85. The zero-order chi connectivity index (χ0) is 15.0. The highest BCUT2D eigenvalue weighted by atomic mass is 19.4. The Morgan fingerprint density at radius 1 is 1.38 bits per heavy atom. The summed E-state index contributed by atoms with van der Waals surface area (Å²) in [5, 5.41) is 0. The van der Waals surface area contributed by atoms with Crippen molar-refractivity contribution < 1.29 is 13.2 Å². The number of nitrogens with one attached hydrogen (secondary N) is 2. The van der Waals surface area contributed by atoms with E-state index in [0.29, 0.717) is 31.6 Å². The standard InChI is InChI=1S/C13H13F3N4O/c14-13(15,16)12-18-10-3-5-20(6-8-2-1-4-17-8)7-9(10)11(21)19-12/h1-2,4,17H,3,5-7H2,(H,18,19,21). The van der Waals surface area contributed by atoms with Gasteiger partial charge in [0.05, 0.1) is 11.3 Å². The second kappa shape index (κ2) is 5.03. The van der Waals surface area contributed by atoms with Crippen LogP contribution in [-0.2, 0) is 25.7 Å². The van der Waals surface area contributed by atoms with Crippen molar-refractivity contribution in [3.05, 3.63) is 51.5 Å². The Morgan fingerprint density at radius 2 is 2.19 bits per heavy atom. The minimum atomic E-state index is -4.63. The van der Waals surface area contributed by atoms with Crippen LogP contribution >= 0.6 is 0 Å². The van der Waals surface area contributed by atoms with Crippen molar-refractivity contribution >= 4 is 0 Å². The molecule has 21 heavy (non-hydrogen) atoms. The maximum Gasteiger partial charge on any atom is 0.449 e. The van der Waals surface area contributed by atoms with Crippen molar-refractivity contribution in [3.63, 3.8) is 0 Å². The van der Waals surface area contributed by atoms with Crippen molar-refractivity contribution in [1.82, 2.24) is 19.9 Å². The minimum absolute atomic E-state index is 0.244. The second-order valence-electron chi connectivity index (χ2n) is 4.99. The summed E-state index contributed by atoms with van der Waals surface area (Å²) in [5.41, 5.74) is 0.855. The third-order valence-electron chi connectivity index (χ3n) is 3.47. The average Bonchev–Trinajstić information content (AvgIpc) is 2.91. The normalized spacial score (nSPS) is 16.0. The average molecular weight is 298 g/mol. The first-order chi connectivity index (χ1) is 9.93. The summed E-state index contributed by atoms with van der Waals surface area (Å²) in [6.07, 6.45) is -2.49. The fourth-order valence-corrected chi connectivity index (χ4v) is 2.46. The van der Waals surface area contributed by atoms with Crippen molar-refractivity contribution in [3.8, 4) is 0 Å². The highest BCUT2D eigenvalue weighted by Crippen LogP contribution is 2.26. The number of H-pyrrole nitrogens is 2. The topological polar surface area (TPSA) is 64.8 Å². The number of alkyl halides is 3. The first-order valence-electron chi connectivity index (χ1n) is 6.47. The molecule has 8 heteroatoms. The van der Waals surface area contributed by atoms with Gasteiger partial charge in [-0.25, -0.2) is 4.98 Å². The van der Waals surface area contributed by atoms with Crippen LogP contribution in [0.2, 0.25) is 0 Å². The predicted molar refractivity (Wildman–Crippen MR) is 68.5 cm³/mol. The van der Waals surface area contributed by atoms with Crippen LogP contribution in [0, 0.1) is 0 Å². The molecule has 2 N–H and O–H groups in total. The van der Waals surface area contributed by atoms with Gasteiger partial charge in [-0.1, -0.05) is 0 Å². The Hall–Kier alpha value is -2.09. The molecule has 1 aliphatic rings. The zero-order valence-corrected chi connectivity index (χ0v) is 11.0. The van der Waals surface area contributed by atoms with E-state index in [0.717, 1.165) is 5.69 Å². The molecule has 0 aromatic carbocycles. The number of aromatic nitrogens is 3. The number of halogens is 3. The quantitative estimate of drug-likeness (QED) is 0.886. The maximum absolute atomic E-state index is 12.6. The third kappa shape index (κ3) is 2.85. The Bertz CT molecular complexity index is 690. The summed E-state index contributed by atoms with van der Waals surface area (Å²) in [7, 11) is 0. The van der Waals surface area contributed by atoms with Crippen molar-refractivity contribution in [2.75, 3.05) is 6.54 Å². The van der Waals surface area contributed by atoms with E-state index in [2.05, 4.69) is 9.97 Å². The lowest BCUT2D eigenvalue weighted by Gasteiger charge is -2.27. The smallest absolute Gasteiger partial charge is 0.364 e. The zero-order valence-electron chi connectivity index (χ0n) is 11.0. The van der Waals surface area contributed by atoms with Crippen LogP contribution < -0.4 is 5.56 Å². The van der Waals surface area contributed by atoms with Crippen LogP contribution in [0.3, 0.4) is 0 Å². The van der Waals surface area contributed by atoms with E-state index < -0.39 is 17.6 Å². The van der Waals surface area contributed by atoms with Crippen LogP contribution in [0.5, 0.6) is 0 Å². The summed E-state index contributed by atoms with van der Waals surface area (Å²) in [5.74, 6) is -1.22. The first kappa shape index (κ1) is 13.9. The molecule has 3 rings (SSSR count). The third-order valence-corrected chi connectivity index (χ3v) is 3.47. The second-order valence-corrected chi connectivity index (χ2v) is 4.99. The summed E-state index contributed by atoms with van der Waals surface area (Å²) in [6, 6.07) is 3.79. The van der Waals surface area contributed by atoms with Crippen LogP contribution in [0.4, 0.5) is 13.2 Å². The van der Waals surface area contributed by atoms with Crippen molar-refractivity contribution in [2.24, 2.45) is 0 Å². The molecule has 0 saturated heterocycles. The van der Waals surface area contributed by atoms with Crippen LogP contribution in [-0.4, -0.2) is 26.4 Å². The molecular formula is C13H13F3N4O. The molecule has 0 spiro atoms. The van der Waals surface area contributed by atoms with Gasteiger partial charge in [-0.05, 0) is 12.1 Å². The van der Waals surface area contributed by atoms with E-state index in [4.69, 9.17) is 0 Å². The predicted octanol–water partition coefficient (Wildman–Crippen LogP) is 1.68. The van der Waals surface area contributed by atoms with Gasteiger partial charge in [-0.15, -0.1) is 0 Å². The molecule has 112 valence electrons. The number of hydrogen-bond acceptors (Lipinski definition) is 3. The van der Waals surface area contributed by atoms with E-state index in [9.17, 15) is 18.0 Å². The number of hydrogen-bond donors (Lipinski definition) is 2. The lowest BCUT2D eigenvalue weighted by atomic mass is 10.1. The van der Waals surface area contributed by atoms with E-state index in [1.54, 1.807) is 6.20 Å². The van der Waals surface area contributed by atoms with Gasteiger partial charge in [0.2, 0.25) is 5.82 Å². The Labute approximate surface area is 117 Å². The van der Waals surface area contributed by atoms with Gasteiger partial charge in [0.25, 0.3) is 5.56 Å². The summed E-state index contributed by atoms with van der Waals surface area (Å²) >= 11 is 0. The fraction of sp³-hybridized carbons (Fsp3) is 0.385. The van der Waals surface area contributed by atoms with Crippen molar-refractivity contribution in [1.29, 1.82) is 0 Å². The molecule has 0 atom stereocenters. The fourth-order valence-electron chi connectivity index (χ4n) is 2.46. The number of rotatable bonds is 2. The first-order valence-corrected chi connectivity index (χ1v) is 6.47. The van der Waals surface area contributed by atoms with E-state index in [-0.39, 0.29) is 5.69 Å². The molecule has 0 amide bonds. The highest BCUT2D eigenvalue weighted by molar-refractivity contribution is 5.21. The van der Waals surface area contributed by atoms with Gasteiger partial charge in [0, 0.05) is 37.9 Å².